The van der Waals surface area contributed by atoms with Crippen LogP contribution in [0.2, 0.25) is 0 Å². The zero-order valence-electron chi connectivity index (χ0n) is 21.6. The summed E-state index contributed by atoms with van der Waals surface area (Å²) in [6, 6.07) is 14.5. The number of nitrogens with one attached hydrogen (secondary N) is 1. The number of nitrogens with zero attached hydrogens (tertiary/aromatic N) is 1. The number of methoxy groups -OCH3 is 3. The van der Waals surface area contributed by atoms with Gasteiger partial charge in [-0.25, -0.2) is 0 Å². The molecule has 4 aromatic rings. The molecule has 2 aromatic heterocycles. The van der Waals surface area contributed by atoms with Crippen molar-refractivity contribution in [3.8, 4) is 17.2 Å². The Morgan fingerprint density at radius 1 is 1.11 bits per heavy atom. The highest BCUT2D eigenvalue weighted by Crippen LogP contribution is 2.38. The monoisotopic (exact) mass is 518 g/mol. The van der Waals surface area contributed by atoms with E-state index in [-0.39, 0.29) is 30.5 Å². The van der Waals surface area contributed by atoms with Crippen LogP contribution in [0, 0.1) is 0 Å². The van der Waals surface area contributed by atoms with Gasteiger partial charge in [0.05, 0.1) is 26.7 Å². The minimum Gasteiger partial charge on any atom is -0.502 e. The topological polar surface area (TPSA) is 114 Å². The van der Waals surface area contributed by atoms with Gasteiger partial charge in [0.1, 0.15) is 12.4 Å². The van der Waals surface area contributed by atoms with Gasteiger partial charge in [-0.05, 0) is 35.7 Å². The first kappa shape index (κ1) is 25.4. The van der Waals surface area contributed by atoms with Gasteiger partial charge >= 0.3 is 0 Å². The number of carbonyl (C=O) groups excluding carboxylic acids is 1. The smallest absolute Gasteiger partial charge is 0.227 e. The number of fused-ring (bicyclic) bond motifs is 3. The molecule has 0 spiro atoms. The highest BCUT2D eigenvalue weighted by atomic mass is 16.5. The van der Waals surface area contributed by atoms with Gasteiger partial charge in [-0.15, -0.1) is 0 Å². The normalized spacial score (nSPS) is 13.8. The Morgan fingerprint density at radius 3 is 2.66 bits per heavy atom. The molecule has 0 saturated carbocycles. The Bertz CT molecular complexity index is 1540. The third-order valence-electron chi connectivity index (χ3n) is 7.03. The highest BCUT2D eigenvalue weighted by molar-refractivity contribution is 5.86. The van der Waals surface area contributed by atoms with Gasteiger partial charge in [0.25, 0.3) is 0 Å². The third kappa shape index (κ3) is 4.72. The minimum absolute atomic E-state index is 0.00781. The molecular formula is C29H30N2O7. The van der Waals surface area contributed by atoms with Gasteiger partial charge in [-0.2, -0.15) is 0 Å². The molecule has 2 aromatic carbocycles. The lowest BCUT2D eigenvalue weighted by Crippen LogP contribution is -2.36. The van der Waals surface area contributed by atoms with Crippen LogP contribution in [-0.4, -0.2) is 48.8 Å². The standard InChI is InChI=1S/C29H30N2O7/c1-35-16-18-13-24(32)28(34)29(38-18)21(17-8-9-25(36-2)26(12-17)37-3)14-27(33)31-11-10-20-19-6-4-5-7-22(19)30-23(20)15-31/h4-9,12-13,21,30,34H,10-11,14-16H2,1-3H3/t21-/m0/s1. The van der Waals surface area contributed by atoms with Crippen LogP contribution in [0.15, 0.2) is 57.7 Å². The summed E-state index contributed by atoms with van der Waals surface area (Å²) in [5.74, 6) is -0.184. The van der Waals surface area contributed by atoms with E-state index >= 15 is 0 Å². The lowest BCUT2D eigenvalue weighted by molar-refractivity contribution is -0.132. The quantitative estimate of drug-likeness (QED) is 0.361. The zero-order valence-corrected chi connectivity index (χ0v) is 21.6. The van der Waals surface area contributed by atoms with E-state index in [2.05, 4.69) is 11.1 Å². The number of aromatic hydroxyl groups is 1. The summed E-state index contributed by atoms with van der Waals surface area (Å²) in [7, 11) is 4.53. The first-order chi connectivity index (χ1) is 18.4. The Balaban J connectivity index is 1.51. The van der Waals surface area contributed by atoms with E-state index in [4.69, 9.17) is 18.6 Å². The molecule has 1 aliphatic heterocycles. The van der Waals surface area contributed by atoms with Crippen LogP contribution in [0.25, 0.3) is 10.9 Å². The summed E-state index contributed by atoms with van der Waals surface area (Å²) >= 11 is 0. The summed E-state index contributed by atoms with van der Waals surface area (Å²) in [6.45, 7) is 1.05. The predicted octanol–water partition coefficient (Wildman–Crippen LogP) is 4.10. The molecule has 1 amide bonds. The number of aromatic nitrogens is 1. The Hall–Kier alpha value is -4.24. The van der Waals surface area contributed by atoms with Crippen molar-refractivity contribution in [1.82, 2.24) is 9.88 Å². The Morgan fingerprint density at radius 2 is 1.89 bits per heavy atom. The van der Waals surface area contributed by atoms with Crippen LogP contribution in [0.3, 0.4) is 0 Å². The number of rotatable bonds is 8. The number of hydrogen-bond acceptors (Lipinski definition) is 7. The largest absolute Gasteiger partial charge is 0.502 e. The van der Waals surface area contributed by atoms with Crippen LogP contribution < -0.4 is 14.9 Å². The van der Waals surface area contributed by atoms with Gasteiger partial charge in [-0.3, -0.25) is 9.59 Å². The Kier molecular flexibility index (Phi) is 7.11. The molecule has 9 nitrogen and oxygen atoms in total. The van der Waals surface area contributed by atoms with E-state index < -0.39 is 17.1 Å². The highest BCUT2D eigenvalue weighted by Gasteiger charge is 2.31. The number of H-pyrrole nitrogens is 1. The number of carbonyl (C=O) groups is 1. The van der Waals surface area contributed by atoms with Gasteiger partial charge in [0, 0.05) is 42.7 Å². The Labute approximate surface area is 219 Å². The maximum atomic E-state index is 13.7. The van der Waals surface area contributed by atoms with E-state index in [1.807, 2.05) is 18.2 Å². The van der Waals surface area contributed by atoms with Gasteiger partial charge < -0.3 is 33.6 Å². The molecule has 3 heterocycles. The fraction of sp³-hybridized carbons (Fsp3) is 0.310. The third-order valence-corrected chi connectivity index (χ3v) is 7.03. The molecule has 0 fully saturated rings. The maximum Gasteiger partial charge on any atom is 0.227 e. The summed E-state index contributed by atoms with van der Waals surface area (Å²) in [5.41, 5.74) is 3.34. The molecule has 0 saturated heterocycles. The van der Waals surface area contributed by atoms with Crippen LogP contribution in [0.1, 0.15) is 40.7 Å². The van der Waals surface area contributed by atoms with Gasteiger partial charge in [0.2, 0.25) is 17.1 Å². The fourth-order valence-electron chi connectivity index (χ4n) is 5.15. The van der Waals surface area contributed by atoms with Crippen molar-refractivity contribution in [2.24, 2.45) is 0 Å². The maximum absolute atomic E-state index is 13.7. The van der Waals surface area contributed by atoms with Crippen molar-refractivity contribution in [2.75, 3.05) is 27.9 Å². The number of benzene rings is 2. The molecule has 0 aliphatic carbocycles. The van der Waals surface area contributed by atoms with E-state index in [0.29, 0.717) is 30.2 Å². The number of hydrogen-bond donors (Lipinski definition) is 2. The molecule has 5 rings (SSSR count). The molecule has 0 radical (unpaired) electrons. The van der Waals surface area contributed by atoms with Crippen molar-refractivity contribution in [3.05, 3.63) is 87.1 Å². The second-order valence-electron chi connectivity index (χ2n) is 9.29. The zero-order chi connectivity index (χ0) is 26.8. The van der Waals surface area contributed by atoms with Crippen LogP contribution >= 0.6 is 0 Å². The van der Waals surface area contributed by atoms with Gasteiger partial charge in [0.15, 0.2) is 17.3 Å². The molecular weight excluding hydrogens is 488 g/mol. The lowest BCUT2D eigenvalue weighted by atomic mass is 9.90. The van der Waals surface area contributed by atoms with Crippen molar-refractivity contribution >= 4 is 16.8 Å². The summed E-state index contributed by atoms with van der Waals surface area (Å²) in [5, 5.41) is 11.9. The molecule has 0 bridgehead atoms. The lowest BCUT2D eigenvalue weighted by Gasteiger charge is -2.29. The summed E-state index contributed by atoms with van der Waals surface area (Å²) in [6.07, 6.45) is 0.702. The molecule has 1 aliphatic rings. The molecule has 38 heavy (non-hydrogen) atoms. The second-order valence-corrected chi connectivity index (χ2v) is 9.29. The second kappa shape index (κ2) is 10.6. The van der Waals surface area contributed by atoms with E-state index in [0.717, 1.165) is 17.6 Å². The first-order valence-corrected chi connectivity index (χ1v) is 12.4. The summed E-state index contributed by atoms with van der Waals surface area (Å²) in [4.78, 5) is 31.5. The fourth-order valence-corrected chi connectivity index (χ4v) is 5.15. The molecule has 9 heteroatoms. The predicted molar refractivity (Wildman–Crippen MR) is 141 cm³/mol. The van der Waals surface area contributed by atoms with E-state index in [1.54, 1.807) is 23.1 Å². The number of ether oxygens (including phenoxy) is 3. The van der Waals surface area contributed by atoms with Crippen molar-refractivity contribution in [1.29, 1.82) is 0 Å². The molecule has 2 N–H and O–H groups in total. The van der Waals surface area contributed by atoms with Crippen LogP contribution in [-0.2, 0) is 29.1 Å². The van der Waals surface area contributed by atoms with Crippen LogP contribution in [0.5, 0.6) is 17.2 Å². The molecule has 1 atom stereocenters. The average molecular weight is 519 g/mol. The van der Waals surface area contributed by atoms with Crippen molar-refractivity contribution in [2.45, 2.75) is 31.9 Å². The summed E-state index contributed by atoms with van der Waals surface area (Å²) < 4.78 is 21.9. The molecule has 0 unspecified atom stereocenters. The minimum atomic E-state index is -0.754. The number of amides is 1. The molecule has 198 valence electrons. The van der Waals surface area contributed by atoms with Crippen molar-refractivity contribution < 1.29 is 28.5 Å². The van der Waals surface area contributed by atoms with E-state index in [1.165, 1.54) is 38.3 Å². The SMILES string of the molecule is COCc1cc(=O)c(O)c([C@@H](CC(=O)N2CCc3c([nH]c4ccccc34)C2)c2ccc(OC)c(OC)c2)o1. The average Bonchev–Trinajstić information content (AvgIpc) is 3.31. The van der Waals surface area contributed by atoms with Gasteiger partial charge in [-0.1, -0.05) is 24.3 Å². The van der Waals surface area contributed by atoms with Crippen LogP contribution in [0.4, 0.5) is 0 Å². The van der Waals surface area contributed by atoms with Crippen molar-refractivity contribution in [3.63, 3.8) is 0 Å². The van der Waals surface area contributed by atoms with E-state index in [9.17, 15) is 14.7 Å². The first-order valence-electron chi connectivity index (χ1n) is 12.4. The number of aromatic amines is 1. The number of para-hydroxylation sites is 1.